The van der Waals surface area contributed by atoms with Gasteiger partial charge in [-0.3, -0.25) is 0 Å². The van der Waals surface area contributed by atoms with Crippen molar-refractivity contribution in [3.63, 3.8) is 0 Å². The molecular weight excluding hydrogens is 187 g/mol. The van der Waals surface area contributed by atoms with Gasteiger partial charge in [-0.15, -0.1) is 0 Å². The van der Waals surface area contributed by atoms with Crippen molar-refractivity contribution >= 4 is 7.26 Å². The summed E-state index contributed by atoms with van der Waals surface area (Å²) in [7, 11) is -0.681. The summed E-state index contributed by atoms with van der Waals surface area (Å²) in [6.07, 6.45) is 5.48. The third-order valence-corrected chi connectivity index (χ3v) is 5.32. The van der Waals surface area contributed by atoms with Crippen molar-refractivity contribution in [3.8, 4) is 0 Å². The molecule has 0 aliphatic carbocycles. The van der Waals surface area contributed by atoms with Crippen LogP contribution in [0.15, 0.2) is 30.3 Å². The van der Waals surface area contributed by atoms with Gasteiger partial charge in [-0.05, 0) is 12.0 Å². The maximum Gasteiger partial charge on any atom is 0.0837 e. The molecule has 0 saturated carbocycles. The molecule has 1 aromatic carbocycles. The van der Waals surface area contributed by atoms with Gasteiger partial charge in [0.25, 0.3) is 0 Å². The minimum absolute atomic E-state index is 0.681. The van der Waals surface area contributed by atoms with E-state index in [-0.39, 0.29) is 0 Å². The Morgan fingerprint density at radius 3 is 2.29 bits per heavy atom. The Morgan fingerprint density at radius 1 is 1.07 bits per heavy atom. The first-order valence-electron chi connectivity index (χ1n) is 5.50. The van der Waals surface area contributed by atoms with E-state index in [1.165, 1.54) is 30.7 Å². The topological polar surface area (TPSA) is 0 Å². The molecule has 0 amide bonds. The van der Waals surface area contributed by atoms with Gasteiger partial charge in [0.1, 0.15) is 0 Å². The lowest BCUT2D eigenvalue weighted by Crippen LogP contribution is -1.99. The van der Waals surface area contributed by atoms with E-state index in [0.717, 1.165) is 0 Å². The molecule has 0 bridgehead atoms. The Kier molecular flexibility index (Phi) is 4.62. The van der Waals surface area contributed by atoms with Crippen molar-refractivity contribution in [2.75, 3.05) is 19.5 Å². The predicted molar refractivity (Wildman–Crippen MR) is 68.7 cm³/mol. The van der Waals surface area contributed by atoms with Gasteiger partial charge < -0.3 is 0 Å². The summed E-state index contributed by atoms with van der Waals surface area (Å²) >= 11 is 0. The van der Waals surface area contributed by atoms with Crippen LogP contribution >= 0.6 is 7.26 Å². The van der Waals surface area contributed by atoms with E-state index < -0.39 is 7.26 Å². The summed E-state index contributed by atoms with van der Waals surface area (Å²) in [5, 5.41) is 0. The Balaban J connectivity index is 2.50. The van der Waals surface area contributed by atoms with Crippen LogP contribution in [-0.4, -0.2) is 19.5 Å². The average Bonchev–Trinajstić information content (AvgIpc) is 2.16. The normalized spacial score (nSPS) is 11.6. The quantitative estimate of drug-likeness (QED) is 0.635. The monoisotopic (exact) mass is 209 g/mol. The Bertz CT molecular complexity index is 251. The van der Waals surface area contributed by atoms with Crippen molar-refractivity contribution in [3.05, 3.63) is 35.9 Å². The van der Waals surface area contributed by atoms with Crippen LogP contribution in [0.2, 0.25) is 0 Å². The molecule has 78 valence electrons. The molecule has 0 fully saturated rings. The van der Waals surface area contributed by atoms with Crippen LogP contribution in [0.25, 0.3) is 0 Å². The zero-order chi connectivity index (χ0) is 10.4. The molecule has 0 heterocycles. The first kappa shape index (κ1) is 11.7. The lowest BCUT2D eigenvalue weighted by Gasteiger charge is -2.17. The molecule has 1 aromatic rings. The second-order valence-electron chi connectivity index (χ2n) is 4.66. The number of rotatable bonds is 5. The largest absolute Gasteiger partial charge is 0.0837 e. The van der Waals surface area contributed by atoms with E-state index in [1.807, 2.05) is 0 Å². The summed E-state index contributed by atoms with van der Waals surface area (Å²) in [5.74, 6) is 0. The molecule has 14 heavy (non-hydrogen) atoms. The van der Waals surface area contributed by atoms with Crippen molar-refractivity contribution in [1.82, 2.24) is 0 Å². The maximum atomic E-state index is 2.48. The maximum absolute atomic E-state index is 2.48. The SMILES string of the molecule is CCCC[P+](C)(C)Cc1ccccc1. The average molecular weight is 209 g/mol. The summed E-state index contributed by atoms with van der Waals surface area (Å²) in [6.45, 7) is 7.24. The fourth-order valence-electron chi connectivity index (χ4n) is 1.74. The van der Waals surface area contributed by atoms with Crippen LogP contribution in [0.4, 0.5) is 0 Å². The van der Waals surface area contributed by atoms with Crippen LogP contribution in [-0.2, 0) is 6.16 Å². The van der Waals surface area contributed by atoms with E-state index in [9.17, 15) is 0 Å². The molecule has 0 aliphatic heterocycles. The molecule has 0 nitrogen and oxygen atoms in total. The number of hydrogen-bond acceptors (Lipinski definition) is 0. The van der Waals surface area contributed by atoms with Gasteiger partial charge in [-0.25, -0.2) is 0 Å². The van der Waals surface area contributed by atoms with Gasteiger partial charge in [-0.1, -0.05) is 43.7 Å². The van der Waals surface area contributed by atoms with Crippen LogP contribution in [0, 0.1) is 0 Å². The highest BCUT2D eigenvalue weighted by Gasteiger charge is 2.24. The van der Waals surface area contributed by atoms with E-state index in [2.05, 4.69) is 50.6 Å². The summed E-state index contributed by atoms with van der Waals surface area (Å²) < 4.78 is 0. The molecule has 0 aromatic heterocycles. The standard InChI is InChI=1S/C13H22P/c1-4-5-11-14(2,3)12-13-9-7-6-8-10-13/h6-10H,4-5,11-12H2,1-3H3/q+1. The molecule has 0 aliphatic rings. The molecule has 0 N–H and O–H groups in total. The number of hydrogen-bond donors (Lipinski definition) is 0. The van der Waals surface area contributed by atoms with Crippen molar-refractivity contribution in [2.24, 2.45) is 0 Å². The predicted octanol–water partition coefficient (Wildman–Crippen LogP) is 4.26. The molecule has 0 atom stereocenters. The highest BCUT2D eigenvalue weighted by Crippen LogP contribution is 2.54. The van der Waals surface area contributed by atoms with E-state index in [0.29, 0.717) is 0 Å². The van der Waals surface area contributed by atoms with Gasteiger partial charge in [0, 0.05) is 20.6 Å². The van der Waals surface area contributed by atoms with Gasteiger partial charge in [0.15, 0.2) is 0 Å². The third kappa shape index (κ3) is 4.24. The lowest BCUT2D eigenvalue weighted by atomic mass is 10.2. The summed E-state index contributed by atoms with van der Waals surface area (Å²) in [5.41, 5.74) is 1.52. The molecule has 0 radical (unpaired) electrons. The smallest absolute Gasteiger partial charge is 0.0652 e. The van der Waals surface area contributed by atoms with Crippen LogP contribution in [0.1, 0.15) is 25.3 Å². The molecule has 0 unspecified atom stereocenters. The minimum Gasteiger partial charge on any atom is -0.0652 e. The molecule has 0 saturated heterocycles. The van der Waals surface area contributed by atoms with Crippen LogP contribution < -0.4 is 0 Å². The molecule has 1 rings (SSSR count). The first-order chi connectivity index (χ1) is 6.64. The second-order valence-corrected chi connectivity index (χ2v) is 9.29. The van der Waals surface area contributed by atoms with Crippen LogP contribution in [0.5, 0.6) is 0 Å². The molecule has 0 spiro atoms. The lowest BCUT2D eigenvalue weighted by molar-refractivity contribution is 0.886. The Labute approximate surface area is 89.1 Å². The molecule has 1 heteroatoms. The van der Waals surface area contributed by atoms with E-state index in [1.54, 1.807) is 0 Å². The summed E-state index contributed by atoms with van der Waals surface area (Å²) in [4.78, 5) is 0. The first-order valence-corrected chi connectivity index (χ1v) is 8.55. The fraction of sp³-hybridized carbons (Fsp3) is 0.538. The highest BCUT2D eigenvalue weighted by molar-refractivity contribution is 7.73. The van der Waals surface area contributed by atoms with Crippen molar-refractivity contribution in [2.45, 2.75) is 25.9 Å². The van der Waals surface area contributed by atoms with Crippen molar-refractivity contribution < 1.29 is 0 Å². The van der Waals surface area contributed by atoms with Gasteiger partial charge in [0.05, 0.1) is 12.3 Å². The fourth-order valence-corrected chi connectivity index (χ4v) is 4.27. The third-order valence-electron chi connectivity index (χ3n) is 2.57. The minimum atomic E-state index is -0.681. The van der Waals surface area contributed by atoms with Gasteiger partial charge >= 0.3 is 0 Å². The zero-order valence-corrected chi connectivity index (χ0v) is 10.6. The molecular formula is C13H22P+. The second kappa shape index (κ2) is 5.51. The summed E-state index contributed by atoms with van der Waals surface area (Å²) in [6, 6.07) is 10.9. The zero-order valence-electron chi connectivity index (χ0n) is 9.66. The number of unbranched alkanes of at least 4 members (excludes halogenated alkanes) is 1. The van der Waals surface area contributed by atoms with Gasteiger partial charge in [-0.2, -0.15) is 0 Å². The number of benzene rings is 1. The van der Waals surface area contributed by atoms with E-state index in [4.69, 9.17) is 0 Å². The van der Waals surface area contributed by atoms with Gasteiger partial charge in [0.2, 0.25) is 0 Å². The Morgan fingerprint density at radius 2 is 1.71 bits per heavy atom. The van der Waals surface area contributed by atoms with E-state index >= 15 is 0 Å². The van der Waals surface area contributed by atoms with Crippen LogP contribution in [0.3, 0.4) is 0 Å². The Hall–Kier alpha value is -0.350. The highest BCUT2D eigenvalue weighted by atomic mass is 31.2. The van der Waals surface area contributed by atoms with Crippen molar-refractivity contribution in [1.29, 1.82) is 0 Å².